The molecule has 1 fully saturated rings. The number of hydrogen-bond acceptors (Lipinski definition) is 5. The first-order valence-electron chi connectivity index (χ1n) is 8.79. The number of halogens is 1. The quantitative estimate of drug-likeness (QED) is 0.759. The maximum Gasteiger partial charge on any atom is 0.302 e. The Bertz CT molecular complexity index is 547. The molecule has 0 saturated carbocycles. The molecule has 1 aromatic rings. The summed E-state index contributed by atoms with van der Waals surface area (Å²) in [6, 6.07) is 6.05. The molecule has 1 heterocycles. The SMILES string of the molecule is CCC1CC(CC(O)CC(C)OC(C)=O)OC(c2ccc(F)cc2)O1. The van der Waals surface area contributed by atoms with Crippen molar-refractivity contribution in [3.05, 3.63) is 35.6 Å². The van der Waals surface area contributed by atoms with Gasteiger partial charge < -0.3 is 19.3 Å². The molecule has 1 aliphatic heterocycles. The summed E-state index contributed by atoms with van der Waals surface area (Å²) in [7, 11) is 0. The highest BCUT2D eigenvalue weighted by atomic mass is 19.1. The Kier molecular flexibility index (Phi) is 7.35. The van der Waals surface area contributed by atoms with Crippen LogP contribution in [-0.2, 0) is 19.0 Å². The molecule has 0 spiro atoms. The molecule has 1 aliphatic rings. The van der Waals surface area contributed by atoms with E-state index in [-0.39, 0.29) is 30.1 Å². The fourth-order valence-electron chi connectivity index (χ4n) is 3.09. The number of ether oxygens (including phenoxy) is 3. The molecule has 0 bridgehead atoms. The third-order valence-electron chi connectivity index (χ3n) is 4.26. The van der Waals surface area contributed by atoms with Gasteiger partial charge in [0.05, 0.1) is 18.3 Å². The Hall–Kier alpha value is -1.50. The second-order valence-corrected chi connectivity index (χ2v) is 6.59. The van der Waals surface area contributed by atoms with Gasteiger partial charge in [0.25, 0.3) is 0 Å². The molecular weight excluding hydrogens is 327 g/mol. The Morgan fingerprint density at radius 2 is 1.96 bits per heavy atom. The topological polar surface area (TPSA) is 65.0 Å². The van der Waals surface area contributed by atoms with E-state index in [0.29, 0.717) is 19.3 Å². The van der Waals surface area contributed by atoms with E-state index in [9.17, 15) is 14.3 Å². The van der Waals surface area contributed by atoms with Crippen LogP contribution in [0, 0.1) is 5.82 Å². The largest absolute Gasteiger partial charge is 0.463 e. The van der Waals surface area contributed by atoms with Gasteiger partial charge in [0.15, 0.2) is 6.29 Å². The van der Waals surface area contributed by atoms with Crippen LogP contribution in [-0.4, -0.2) is 35.5 Å². The molecule has 2 rings (SSSR count). The number of benzene rings is 1. The summed E-state index contributed by atoms with van der Waals surface area (Å²) in [4.78, 5) is 11.0. The zero-order valence-corrected chi connectivity index (χ0v) is 15.0. The summed E-state index contributed by atoms with van der Waals surface area (Å²) in [5.74, 6) is -0.664. The van der Waals surface area contributed by atoms with Gasteiger partial charge in [-0.05, 0) is 31.9 Å². The average Bonchev–Trinajstić information content (AvgIpc) is 2.54. The molecule has 6 heteroatoms. The van der Waals surface area contributed by atoms with E-state index in [0.717, 1.165) is 12.0 Å². The van der Waals surface area contributed by atoms with E-state index in [1.807, 2.05) is 6.92 Å². The Morgan fingerprint density at radius 3 is 2.56 bits per heavy atom. The van der Waals surface area contributed by atoms with Gasteiger partial charge in [0.1, 0.15) is 11.9 Å². The van der Waals surface area contributed by atoms with Crippen molar-refractivity contribution in [1.82, 2.24) is 0 Å². The van der Waals surface area contributed by atoms with Gasteiger partial charge in [0.2, 0.25) is 0 Å². The minimum atomic E-state index is -0.635. The van der Waals surface area contributed by atoms with Crippen LogP contribution in [0.3, 0.4) is 0 Å². The summed E-state index contributed by atoms with van der Waals surface area (Å²) in [5.41, 5.74) is 0.757. The molecule has 0 radical (unpaired) electrons. The minimum absolute atomic E-state index is 0.0203. The van der Waals surface area contributed by atoms with Crippen LogP contribution in [0.1, 0.15) is 58.3 Å². The Morgan fingerprint density at radius 1 is 1.32 bits per heavy atom. The summed E-state index contributed by atoms with van der Waals surface area (Å²) in [6.07, 6.45) is 0.611. The van der Waals surface area contributed by atoms with Crippen molar-refractivity contribution in [1.29, 1.82) is 0 Å². The van der Waals surface area contributed by atoms with Gasteiger partial charge in [-0.3, -0.25) is 4.79 Å². The second-order valence-electron chi connectivity index (χ2n) is 6.59. The monoisotopic (exact) mass is 354 g/mol. The maximum absolute atomic E-state index is 13.1. The lowest BCUT2D eigenvalue weighted by atomic mass is 9.99. The van der Waals surface area contributed by atoms with Crippen LogP contribution in [0.5, 0.6) is 0 Å². The highest BCUT2D eigenvalue weighted by Gasteiger charge is 2.31. The number of aliphatic hydroxyl groups excluding tert-OH is 1. The van der Waals surface area contributed by atoms with Crippen molar-refractivity contribution in [2.75, 3.05) is 0 Å². The van der Waals surface area contributed by atoms with Crippen LogP contribution in [0.2, 0.25) is 0 Å². The number of rotatable bonds is 7. The maximum atomic E-state index is 13.1. The molecule has 1 aromatic carbocycles. The molecule has 25 heavy (non-hydrogen) atoms. The number of carbonyl (C=O) groups excluding carboxylic acids is 1. The third kappa shape index (κ3) is 6.38. The number of hydrogen-bond donors (Lipinski definition) is 1. The fourth-order valence-corrected chi connectivity index (χ4v) is 3.09. The summed E-state index contributed by atoms with van der Waals surface area (Å²) >= 11 is 0. The van der Waals surface area contributed by atoms with E-state index in [4.69, 9.17) is 14.2 Å². The van der Waals surface area contributed by atoms with Crippen molar-refractivity contribution in [2.24, 2.45) is 0 Å². The van der Waals surface area contributed by atoms with E-state index in [2.05, 4.69) is 0 Å². The highest BCUT2D eigenvalue weighted by Crippen LogP contribution is 2.33. The first kappa shape index (κ1) is 19.8. The standard InChI is InChI=1S/C19H27FO5/c1-4-17-11-18(10-16(22)9-12(2)23-13(3)21)25-19(24-17)14-5-7-15(20)8-6-14/h5-8,12,16-19,22H,4,9-11H2,1-3H3. The van der Waals surface area contributed by atoms with Gasteiger partial charge in [-0.1, -0.05) is 19.1 Å². The van der Waals surface area contributed by atoms with Gasteiger partial charge in [-0.2, -0.15) is 0 Å². The van der Waals surface area contributed by atoms with E-state index in [1.54, 1.807) is 19.1 Å². The fraction of sp³-hybridized carbons (Fsp3) is 0.632. The van der Waals surface area contributed by atoms with Gasteiger partial charge in [-0.25, -0.2) is 4.39 Å². The minimum Gasteiger partial charge on any atom is -0.463 e. The number of esters is 1. The van der Waals surface area contributed by atoms with Gasteiger partial charge in [-0.15, -0.1) is 0 Å². The lowest BCUT2D eigenvalue weighted by molar-refractivity contribution is -0.252. The van der Waals surface area contributed by atoms with Crippen molar-refractivity contribution >= 4 is 5.97 Å². The zero-order valence-electron chi connectivity index (χ0n) is 15.0. The molecule has 1 saturated heterocycles. The van der Waals surface area contributed by atoms with Crippen LogP contribution < -0.4 is 0 Å². The lowest BCUT2D eigenvalue weighted by Crippen LogP contribution is -2.36. The van der Waals surface area contributed by atoms with Gasteiger partial charge in [0, 0.05) is 25.3 Å². The summed E-state index contributed by atoms with van der Waals surface area (Å²) < 4.78 is 30.0. The normalized spacial score (nSPS) is 26.0. The smallest absolute Gasteiger partial charge is 0.302 e. The van der Waals surface area contributed by atoms with E-state index >= 15 is 0 Å². The highest BCUT2D eigenvalue weighted by molar-refractivity contribution is 5.66. The van der Waals surface area contributed by atoms with Crippen LogP contribution in [0.25, 0.3) is 0 Å². The zero-order chi connectivity index (χ0) is 18.4. The molecule has 0 aromatic heterocycles. The molecular formula is C19H27FO5. The average molecular weight is 354 g/mol. The van der Waals surface area contributed by atoms with Crippen LogP contribution in [0.4, 0.5) is 4.39 Å². The Balaban J connectivity index is 1.95. The van der Waals surface area contributed by atoms with E-state index in [1.165, 1.54) is 19.1 Å². The molecule has 5 nitrogen and oxygen atoms in total. The lowest BCUT2D eigenvalue weighted by Gasteiger charge is -2.36. The predicted molar refractivity (Wildman–Crippen MR) is 90.3 cm³/mol. The third-order valence-corrected chi connectivity index (χ3v) is 4.26. The Labute approximate surface area is 148 Å². The van der Waals surface area contributed by atoms with Crippen LogP contribution in [0.15, 0.2) is 24.3 Å². The van der Waals surface area contributed by atoms with Crippen molar-refractivity contribution in [2.45, 2.75) is 77.2 Å². The first-order chi connectivity index (χ1) is 11.9. The first-order valence-corrected chi connectivity index (χ1v) is 8.79. The molecule has 1 N–H and O–H groups in total. The number of carbonyl (C=O) groups is 1. The molecule has 0 amide bonds. The second kappa shape index (κ2) is 9.27. The molecule has 5 atom stereocenters. The summed E-state index contributed by atoms with van der Waals surface area (Å²) in [6.45, 7) is 5.14. The molecule has 5 unspecified atom stereocenters. The molecule has 140 valence electrons. The summed E-state index contributed by atoms with van der Waals surface area (Å²) in [5, 5.41) is 10.3. The van der Waals surface area contributed by atoms with Gasteiger partial charge >= 0.3 is 5.97 Å². The number of aliphatic hydroxyl groups is 1. The van der Waals surface area contributed by atoms with Crippen molar-refractivity contribution in [3.63, 3.8) is 0 Å². The molecule has 0 aliphatic carbocycles. The van der Waals surface area contributed by atoms with E-state index < -0.39 is 12.4 Å². The van der Waals surface area contributed by atoms with Crippen molar-refractivity contribution in [3.8, 4) is 0 Å². The van der Waals surface area contributed by atoms with Crippen LogP contribution >= 0.6 is 0 Å². The predicted octanol–water partition coefficient (Wildman–Crippen LogP) is 3.50. The van der Waals surface area contributed by atoms with Crippen molar-refractivity contribution < 1.29 is 28.5 Å².